The number of carboxylic acid groups (broad SMARTS) is 1. The van der Waals surface area contributed by atoms with Crippen LogP contribution in [0.2, 0.25) is 0 Å². The highest BCUT2D eigenvalue weighted by atomic mass is 19.4. The number of ether oxygens (including phenoxy) is 1. The zero-order chi connectivity index (χ0) is 11.6. The summed E-state index contributed by atoms with van der Waals surface area (Å²) < 4.78 is 73.5. The molecule has 0 bridgehead atoms. The summed E-state index contributed by atoms with van der Waals surface area (Å²) in [6, 6.07) is 0. The van der Waals surface area contributed by atoms with Gasteiger partial charge in [-0.3, -0.25) is 0 Å². The van der Waals surface area contributed by atoms with Crippen molar-refractivity contribution < 1.29 is 41.0 Å². The van der Waals surface area contributed by atoms with Crippen LogP contribution < -0.4 is 5.11 Å². The Hall–Kier alpha value is -1.15. The largest absolute Gasteiger partial charge is 0.543 e. The molecule has 0 N–H and O–H groups in total. The van der Waals surface area contributed by atoms with Crippen molar-refractivity contribution in [1.29, 1.82) is 0 Å². The van der Waals surface area contributed by atoms with E-state index in [1.165, 1.54) is 0 Å². The number of rotatable bonds is 3. The number of alkyl halides is 6. The summed E-state index contributed by atoms with van der Waals surface area (Å²) in [4.78, 5) is 9.45. The first-order valence-electron chi connectivity index (χ1n) is 3.00. The summed E-state index contributed by atoms with van der Waals surface area (Å²) in [5.74, 6) is -4.96. The molecule has 0 aromatic heterocycles. The van der Waals surface area contributed by atoms with Gasteiger partial charge in [0.15, 0.2) is 0 Å². The highest BCUT2D eigenvalue weighted by molar-refractivity contribution is 5.54. The third-order valence-electron chi connectivity index (χ3n) is 1.04. The molecule has 3 nitrogen and oxygen atoms in total. The van der Waals surface area contributed by atoms with E-state index in [0.29, 0.717) is 0 Å². The number of carbonyl (C=O) groups is 1. The first-order chi connectivity index (χ1) is 6.07. The van der Waals surface area contributed by atoms with Crippen LogP contribution in [0.5, 0.6) is 0 Å². The van der Waals surface area contributed by atoms with E-state index >= 15 is 0 Å². The molecule has 0 aliphatic rings. The van der Waals surface area contributed by atoms with Crippen molar-refractivity contribution in [3.05, 3.63) is 0 Å². The van der Waals surface area contributed by atoms with Gasteiger partial charge in [0.25, 0.3) is 12.3 Å². The minimum absolute atomic E-state index is 2.24. The molecule has 0 aromatic carbocycles. The molecule has 14 heavy (non-hydrogen) atoms. The molecule has 0 radical (unpaired) electrons. The molecule has 1 atom stereocenters. The monoisotopic (exact) mass is 225 g/mol. The SMILES string of the molecule is O=C([O-])OCC(F)(F)C(F)C(F)(F)F. The number of hydrogen-bond acceptors (Lipinski definition) is 3. The van der Waals surface area contributed by atoms with Gasteiger partial charge in [-0.2, -0.15) is 13.2 Å². The Kier molecular flexibility index (Phi) is 3.60. The van der Waals surface area contributed by atoms with Gasteiger partial charge in [0.2, 0.25) is 0 Å². The van der Waals surface area contributed by atoms with E-state index in [9.17, 15) is 36.2 Å². The molecule has 0 rings (SSSR count). The maximum atomic E-state index is 12.2. The molecule has 0 saturated carbocycles. The van der Waals surface area contributed by atoms with Gasteiger partial charge in [0, 0.05) is 0 Å². The lowest BCUT2D eigenvalue weighted by Gasteiger charge is -2.24. The first-order valence-corrected chi connectivity index (χ1v) is 3.00. The Bertz CT molecular complexity index is 212. The summed E-state index contributed by atoms with van der Waals surface area (Å²) in [5.41, 5.74) is 0. The second-order valence-electron chi connectivity index (χ2n) is 2.20. The van der Waals surface area contributed by atoms with Crippen LogP contribution in [0, 0.1) is 0 Å². The highest BCUT2D eigenvalue weighted by Gasteiger charge is 2.56. The second-order valence-corrected chi connectivity index (χ2v) is 2.20. The van der Waals surface area contributed by atoms with Crippen molar-refractivity contribution in [2.24, 2.45) is 0 Å². The Balaban J connectivity index is 4.38. The number of hydrogen-bond donors (Lipinski definition) is 0. The van der Waals surface area contributed by atoms with Gasteiger partial charge < -0.3 is 14.6 Å². The molecule has 0 saturated heterocycles. The molecule has 84 valence electrons. The van der Waals surface area contributed by atoms with Gasteiger partial charge in [0.1, 0.15) is 0 Å². The molecule has 0 spiro atoms. The standard InChI is InChI=1S/C5H4F6O3/c6-2(5(9,10)11)4(7,8)1-14-3(12)13/h2H,1H2,(H,12,13)/p-1. The molecule has 0 heterocycles. The molecule has 1 unspecified atom stereocenters. The molecule has 9 heteroatoms. The molecule has 0 aliphatic heterocycles. The van der Waals surface area contributed by atoms with Crippen molar-refractivity contribution in [3.63, 3.8) is 0 Å². The minimum atomic E-state index is -5.78. The second kappa shape index (κ2) is 3.93. The number of halogens is 6. The maximum Gasteiger partial charge on any atom is 0.425 e. The van der Waals surface area contributed by atoms with Crippen LogP contribution in [0.4, 0.5) is 31.1 Å². The molecule has 0 amide bonds. The Labute approximate surface area is 73.3 Å². The lowest BCUT2D eigenvalue weighted by atomic mass is 10.2. The van der Waals surface area contributed by atoms with Gasteiger partial charge in [-0.15, -0.1) is 0 Å². The summed E-state index contributed by atoms with van der Waals surface area (Å²) in [7, 11) is 0. The lowest BCUT2D eigenvalue weighted by Crippen LogP contribution is -2.46. The van der Waals surface area contributed by atoms with Crippen LogP contribution in [0.25, 0.3) is 0 Å². The zero-order valence-corrected chi connectivity index (χ0v) is 6.28. The maximum absolute atomic E-state index is 12.2. The predicted octanol–water partition coefficient (Wildman–Crippen LogP) is 0.882. The molecular formula is C5H3F6O3-. The predicted molar refractivity (Wildman–Crippen MR) is 27.2 cm³/mol. The van der Waals surface area contributed by atoms with E-state index in [4.69, 9.17) is 0 Å². The fourth-order valence-corrected chi connectivity index (χ4v) is 0.468. The average molecular weight is 225 g/mol. The van der Waals surface area contributed by atoms with Gasteiger partial charge in [-0.05, 0) is 0 Å². The number of carbonyl (C=O) groups excluding carboxylic acids is 1. The Morgan fingerprint density at radius 3 is 2.00 bits per heavy atom. The van der Waals surface area contributed by atoms with Crippen LogP contribution in [0.15, 0.2) is 0 Å². The fourth-order valence-electron chi connectivity index (χ4n) is 0.468. The summed E-state index contributed by atoms with van der Waals surface area (Å²) >= 11 is 0. The van der Waals surface area contributed by atoms with Crippen molar-refractivity contribution in [2.75, 3.05) is 6.61 Å². The summed E-state index contributed by atoms with van der Waals surface area (Å²) in [6.45, 7) is -2.24. The third-order valence-corrected chi connectivity index (χ3v) is 1.04. The van der Waals surface area contributed by atoms with E-state index in [2.05, 4.69) is 4.74 Å². The van der Waals surface area contributed by atoms with E-state index in [0.717, 1.165) is 0 Å². The van der Waals surface area contributed by atoms with E-state index in [1.54, 1.807) is 0 Å². The van der Waals surface area contributed by atoms with Crippen LogP contribution in [0.3, 0.4) is 0 Å². The van der Waals surface area contributed by atoms with E-state index < -0.39 is 31.0 Å². The van der Waals surface area contributed by atoms with Crippen molar-refractivity contribution in [3.8, 4) is 0 Å². The quantitative estimate of drug-likeness (QED) is 0.529. The van der Waals surface area contributed by atoms with Crippen LogP contribution in [0.1, 0.15) is 0 Å². The van der Waals surface area contributed by atoms with Gasteiger partial charge >= 0.3 is 12.1 Å². The van der Waals surface area contributed by atoms with Gasteiger partial charge in [-0.25, -0.2) is 13.2 Å². The first kappa shape index (κ1) is 12.8. The van der Waals surface area contributed by atoms with E-state index in [1.807, 2.05) is 0 Å². The fraction of sp³-hybridized carbons (Fsp3) is 0.800. The zero-order valence-electron chi connectivity index (χ0n) is 6.28. The molecular weight excluding hydrogens is 222 g/mol. The Morgan fingerprint density at radius 2 is 1.71 bits per heavy atom. The third kappa shape index (κ3) is 3.71. The molecule has 0 aliphatic carbocycles. The lowest BCUT2D eigenvalue weighted by molar-refractivity contribution is -0.298. The van der Waals surface area contributed by atoms with Crippen molar-refractivity contribution in [2.45, 2.75) is 18.3 Å². The van der Waals surface area contributed by atoms with Crippen LogP contribution in [-0.2, 0) is 4.74 Å². The van der Waals surface area contributed by atoms with Gasteiger partial charge in [0.05, 0.1) is 6.61 Å². The normalized spacial score (nSPS) is 15.0. The van der Waals surface area contributed by atoms with Crippen LogP contribution >= 0.6 is 0 Å². The van der Waals surface area contributed by atoms with Crippen molar-refractivity contribution >= 4 is 6.16 Å². The van der Waals surface area contributed by atoms with Crippen LogP contribution in [-0.4, -0.2) is 31.0 Å². The van der Waals surface area contributed by atoms with Crippen molar-refractivity contribution in [1.82, 2.24) is 0 Å². The molecule has 0 fully saturated rings. The summed E-state index contributed by atoms with van der Waals surface area (Å²) in [5, 5.41) is 9.45. The smallest absolute Gasteiger partial charge is 0.425 e. The van der Waals surface area contributed by atoms with E-state index in [-0.39, 0.29) is 0 Å². The highest BCUT2D eigenvalue weighted by Crippen LogP contribution is 2.34. The average Bonchev–Trinajstić information content (AvgIpc) is 1.98. The molecule has 0 aromatic rings. The topological polar surface area (TPSA) is 49.4 Å². The van der Waals surface area contributed by atoms with Gasteiger partial charge in [-0.1, -0.05) is 0 Å². The Morgan fingerprint density at radius 1 is 1.29 bits per heavy atom. The summed E-state index contributed by atoms with van der Waals surface area (Å²) in [6.07, 6.45) is -12.7. The minimum Gasteiger partial charge on any atom is -0.543 e.